The number of aryl methyl sites for hydroxylation is 1. The number of H-pyrrole nitrogens is 1. The highest BCUT2D eigenvalue weighted by molar-refractivity contribution is 7.80. The Balaban J connectivity index is 2.33. The van der Waals surface area contributed by atoms with Crippen LogP contribution in [-0.2, 0) is 6.42 Å². The minimum atomic E-state index is 0.0270. The Morgan fingerprint density at radius 1 is 1.26 bits per heavy atom. The number of hydrogen-bond donors (Lipinski definition) is 1. The van der Waals surface area contributed by atoms with Crippen molar-refractivity contribution in [2.24, 2.45) is 5.41 Å². The molecule has 1 heterocycles. The molecule has 1 N–H and O–H groups in total. The molecule has 3 rings (SSSR count). The molecule has 1 aliphatic carbocycles. The minimum Gasteiger partial charge on any atom is -0.294 e. The van der Waals surface area contributed by atoms with E-state index in [9.17, 15) is 4.79 Å². The maximum Gasteiger partial charge on any atom is 0.212 e. The molecule has 1 aliphatic rings. The van der Waals surface area contributed by atoms with E-state index in [0.29, 0.717) is 6.42 Å². The number of thiol groups is 1. The summed E-state index contributed by atoms with van der Waals surface area (Å²) in [5.74, 6) is 0.205. The molecular formula is C16H18NOS+. The number of Topliss-reactive ketones (excluding diaryl/α,β-unsaturated/α-hetero) is 1. The van der Waals surface area contributed by atoms with Crippen LogP contribution in [0.3, 0.4) is 0 Å². The van der Waals surface area contributed by atoms with Gasteiger partial charge in [-0.25, -0.2) is 4.98 Å². The zero-order chi connectivity index (χ0) is 13.8. The number of carbonyl (C=O) groups is 1. The van der Waals surface area contributed by atoms with Gasteiger partial charge < -0.3 is 0 Å². The van der Waals surface area contributed by atoms with Crippen LogP contribution in [0.2, 0.25) is 0 Å². The SMILES string of the molecule is Cc1ccc2[nH+]c3c(c(S)c2c1)C(=O)CC(C)(C)C3. The third-order valence-corrected chi connectivity index (χ3v) is 4.29. The summed E-state index contributed by atoms with van der Waals surface area (Å²) in [5, 5.41) is 1.04. The number of pyridine rings is 1. The molecule has 0 fully saturated rings. The smallest absolute Gasteiger partial charge is 0.212 e. The zero-order valence-corrected chi connectivity index (χ0v) is 12.4. The number of nitrogens with one attached hydrogen (secondary N) is 1. The average Bonchev–Trinajstić information content (AvgIpc) is 2.28. The van der Waals surface area contributed by atoms with Crippen molar-refractivity contribution in [3.05, 3.63) is 35.0 Å². The molecule has 1 aromatic carbocycles. The molecule has 0 saturated heterocycles. The molecule has 2 nitrogen and oxygen atoms in total. The Morgan fingerprint density at radius 2 is 2.00 bits per heavy atom. The average molecular weight is 272 g/mol. The maximum atomic E-state index is 12.4. The predicted octanol–water partition coefficient (Wildman–Crippen LogP) is 3.41. The van der Waals surface area contributed by atoms with Gasteiger partial charge >= 0.3 is 0 Å². The predicted molar refractivity (Wildman–Crippen MR) is 78.9 cm³/mol. The number of aromatic nitrogens is 1. The van der Waals surface area contributed by atoms with E-state index in [1.807, 2.05) is 0 Å². The van der Waals surface area contributed by atoms with E-state index in [0.717, 1.165) is 33.5 Å². The van der Waals surface area contributed by atoms with Gasteiger partial charge in [0.15, 0.2) is 11.5 Å². The van der Waals surface area contributed by atoms with Crippen LogP contribution in [0.4, 0.5) is 0 Å². The number of rotatable bonds is 0. The maximum absolute atomic E-state index is 12.4. The van der Waals surface area contributed by atoms with Crippen LogP contribution in [0.15, 0.2) is 23.1 Å². The van der Waals surface area contributed by atoms with E-state index in [1.54, 1.807) is 0 Å². The van der Waals surface area contributed by atoms with E-state index in [-0.39, 0.29) is 11.2 Å². The summed E-state index contributed by atoms with van der Waals surface area (Å²) in [6.07, 6.45) is 1.49. The molecule has 0 spiro atoms. The number of fused-ring (bicyclic) bond motifs is 2. The van der Waals surface area contributed by atoms with Gasteiger partial charge in [-0.2, -0.15) is 0 Å². The van der Waals surface area contributed by atoms with E-state index in [1.165, 1.54) is 5.56 Å². The van der Waals surface area contributed by atoms with Gasteiger partial charge in [-0.1, -0.05) is 25.5 Å². The molecule has 3 heteroatoms. The van der Waals surface area contributed by atoms with E-state index in [4.69, 9.17) is 0 Å². The highest BCUT2D eigenvalue weighted by Crippen LogP contribution is 2.37. The number of hydrogen-bond acceptors (Lipinski definition) is 2. The first-order valence-electron chi connectivity index (χ1n) is 6.58. The van der Waals surface area contributed by atoms with Gasteiger partial charge in [-0.05, 0) is 18.4 Å². The second kappa shape index (κ2) is 4.07. The Bertz CT molecular complexity index is 703. The highest BCUT2D eigenvalue weighted by atomic mass is 32.1. The van der Waals surface area contributed by atoms with Gasteiger partial charge in [0, 0.05) is 23.8 Å². The quantitative estimate of drug-likeness (QED) is 0.732. The Morgan fingerprint density at radius 3 is 2.74 bits per heavy atom. The van der Waals surface area contributed by atoms with Crippen LogP contribution < -0.4 is 4.98 Å². The van der Waals surface area contributed by atoms with Crippen molar-refractivity contribution >= 4 is 29.3 Å². The molecule has 98 valence electrons. The van der Waals surface area contributed by atoms with Crippen molar-refractivity contribution in [1.29, 1.82) is 0 Å². The Labute approximate surface area is 118 Å². The van der Waals surface area contributed by atoms with Gasteiger partial charge in [-0.15, -0.1) is 12.6 Å². The molecule has 0 bridgehead atoms. The topological polar surface area (TPSA) is 31.2 Å². The lowest BCUT2D eigenvalue weighted by Crippen LogP contribution is -2.33. The first-order chi connectivity index (χ1) is 8.87. The molecule has 0 radical (unpaired) electrons. The van der Waals surface area contributed by atoms with Crippen molar-refractivity contribution in [2.75, 3.05) is 0 Å². The van der Waals surface area contributed by atoms with Crippen LogP contribution in [-0.4, -0.2) is 5.78 Å². The first-order valence-corrected chi connectivity index (χ1v) is 7.03. The number of carbonyl (C=O) groups excluding carboxylic acids is 1. The first kappa shape index (κ1) is 12.7. The van der Waals surface area contributed by atoms with Crippen molar-refractivity contribution in [1.82, 2.24) is 0 Å². The molecule has 0 atom stereocenters. The van der Waals surface area contributed by atoms with Crippen LogP contribution in [0.1, 0.15) is 41.9 Å². The largest absolute Gasteiger partial charge is 0.294 e. The summed E-state index contributed by atoms with van der Waals surface area (Å²) in [4.78, 5) is 16.6. The lowest BCUT2D eigenvalue weighted by Gasteiger charge is -2.27. The Kier molecular flexibility index (Phi) is 2.72. The van der Waals surface area contributed by atoms with Crippen molar-refractivity contribution < 1.29 is 9.78 Å². The third kappa shape index (κ3) is 2.06. The fourth-order valence-electron chi connectivity index (χ4n) is 2.96. The summed E-state index contributed by atoms with van der Waals surface area (Å²) in [6.45, 7) is 6.33. The van der Waals surface area contributed by atoms with Crippen molar-refractivity contribution in [2.45, 2.75) is 38.5 Å². The second-order valence-corrected chi connectivity index (χ2v) is 6.76. The van der Waals surface area contributed by atoms with Gasteiger partial charge in [0.25, 0.3) is 0 Å². The molecule has 0 amide bonds. The highest BCUT2D eigenvalue weighted by Gasteiger charge is 2.37. The van der Waals surface area contributed by atoms with Gasteiger partial charge in [0.05, 0.1) is 10.9 Å². The fourth-order valence-corrected chi connectivity index (χ4v) is 3.41. The summed E-state index contributed by atoms with van der Waals surface area (Å²) in [7, 11) is 0. The molecule has 0 unspecified atom stereocenters. The van der Waals surface area contributed by atoms with Crippen LogP contribution in [0, 0.1) is 12.3 Å². The summed E-state index contributed by atoms with van der Waals surface area (Å²) in [6, 6.07) is 6.23. The number of benzene rings is 1. The van der Waals surface area contributed by atoms with Crippen LogP contribution in [0.5, 0.6) is 0 Å². The molecule has 0 saturated carbocycles. The molecule has 2 aromatic rings. The standard InChI is InChI=1S/C16H17NOS/c1-9-4-5-11-10(6-9)15(19)14-12(17-11)7-16(2,3)8-13(14)18/h4-6H,7-8H2,1-3H3,(H,17,19)/p+1. The molecule has 1 aromatic heterocycles. The lowest BCUT2D eigenvalue weighted by molar-refractivity contribution is -0.360. The van der Waals surface area contributed by atoms with E-state index >= 15 is 0 Å². The van der Waals surface area contributed by atoms with Crippen molar-refractivity contribution in [3.63, 3.8) is 0 Å². The minimum absolute atomic E-state index is 0.0270. The fraction of sp³-hybridized carbons (Fsp3) is 0.375. The molecular weight excluding hydrogens is 254 g/mol. The number of aromatic amines is 1. The summed E-state index contributed by atoms with van der Waals surface area (Å²) >= 11 is 4.62. The van der Waals surface area contributed by atoms with E-state index in [2.05, 4.69) is 56.6 Å². The Hall–Kier alpha value is -1.35. The third-order valence-electron chi connectivity index (χ3n) is 3.83. The van der Waals surface area contributed by atoms with Crippen LogP contribution >= 0.6 is 12.6 Å². The van der Waals surface area contributed by atoms with Crippen molar-refractivity contribution in [3.8, 4) is 0 Å². The monoisotopic (exact) mass is 272 g/mol. The molecule has 19 heavy (non-hydrogen) atoms. The summed E-state index contributed by atoms with van der Waals surface area (Å²) < 4.78 is 0. The second-order valence-electron chi connectivity index (χ2n) is 6.32. The van der Waals surface area contributed by atoms with E-state index < -0.39 is 0 Å². The normalized spacial score (nSPS) is 17.6. The summed E-state index contributed by atoms with van der Waals surface area (Å²) in [5.41, 5.74) is 4.09. The molecule has 0 aliphatic heterocycles. The van der Waals surface area contributed by atoms with Crippen LogP contribution in [0.25, 0.3) is 10.9 Å². The number of ketones is 1. The lowest BCUT2D eigenvalue weighted by atomic mass is 9.75. The van der Waals surface area contributed by atoms with Gasteiger partial charge in [0.2, 0.25) is 5.52 Å². The zero-order valence-electron chi connectivity index (χ0n) is 11.5. The van der Waals surface area contributed by atoms with Gasteiger partial charge in [0.1, 0.15) is 0 Å². The van der Waals surface area contributed by atoms with Gasteiger partial charge in [-0.3, -0.25) is 4.79 Å².